The third-order valence-electron chi connectivity index (χ3n) is 15.2. The number of fused-ring (bicyclic) bond motifs is 1. The summed E-state index contributed by atoms with van der Waals surface area (Å²) in [6, 6.07) is 20.8. The van der Waals surface area contributed by atoms with Gasteiger partial charge in [0.2, 0.25) is 47.3 Å². The lowest BCUT2D eigenvalue weighted by Crippen LogP contribution is -2.60. The highest BCUT2D eigenvalue weighted by Crippen LogP contribution is 2.32. The highest BCUT2D eigenvalue weighted by atomic mass is 32.1. The number of rotatable bonds is 23. The zero-order valence-electron chi connectivity index (χ0n) is 45.9. The number of aliphatic hydroxyl groups excluding tert-OH is 1. The fraction of sp³-hybridized carbons (Fsp3) is 0.508. The van der Waals surface area contributed by atoms with Crippen LogP contribution in [0.4, 0.5) is 0 Å². The molecule has 1 unspecified atom stereocenters. The van der Waals surface area contributed by atoms with Crippen LogP contribution in [0.1, 0.15) is 133 Å². The Labute approximate surface area is 467 Å². The number of carbonyl (C=O) groups is 8. The van der Waals surface area contributed by atoms with E-state index in [9.17, 15) is 43.5 Å². The predicted octanol–water partition coefficient (Wildman–Crippen LogP) is 4.53. The topological polar surface area (TPSA) is 280 Å². The number of aryl methyl sites for hydroxylation is 1. The fourth-order valence-corrected chi connectivity index (χ4v) is 11.7. The second-order valence-corrected chi connectivity index (χ2v) is 23.1. The molecule has 0 bridgehead atoms. The van der Waals surface area contributed by atoms with Crippen LogP contribution in [0.3, 0.4) is 0 Å². The summed E-state index contributed by atoms with van der Waals surface area (Å²) in [4.78, 5) is 118. The van der Waals surface area contributed by atoms with Crippen LogP contribution in [-0.4, -0.2) is 134 Å². The molecule has 19 nitrogen and oxygen atoms in total. The number of unbranched alkanes of at least 4 members (excludes halogenated alkanes) is 4. The third-order valence-corrected chi connectivity index (χ3v) is 16.2. The summed E-state index contributed by atoms with van der Waals surface area (Å²) in [7, 11) is 0. The molecule has 3 aliphatic rings. The lowest BCUT2D eigenvalue weighted by molar-refractivity contribution is -0.145. The number of nitrogens with zero attached hydrogens (tertiary/aromatic N) is 4. The standard InChI is InChI=1S/C59H78N10O9S/c1-37-52(79-36-63-37)41-24-22-38(23-25-41)33-62-55(75)47-32-43(70)34-68(47)58(78)53(59(2,3)4)65-49(72)20-14-6-5-7-15-21-50(73)67-31-30-42-26-28-46(69(42)57(77)44(60)35-67)56(76)64-45(27-29-48(61)71)54(74)66-51(39-16-10-8-11-17-39)40-18-12-9-13-19-40/h8-13,16-19,22-25,36,42-47,51,53,70H,5-7,14-15,20-21,26-35,60H2,1-4H3,(H2,61,71)(H,62,75)(H,64,76)(H,65,72)(H,66,74)/t42-,43-,44+,45+,46+,47?,53-/m1/s1. The maximum atomic E-state index is 14.1. The molecule has 7 atom stereocenters. The number of amides is 8. The highest BCUT2D eigenvalue weighted by Gasteiger charge is 2.46. The summed E-state index contributed by atoms with van der Waals surface area (Å²) in [5.41, 5.74) is 17.6. The van der Waals surface area contributed by atoms with Gasteiger partial charge in [0.15, 0.2) is 0 Å². The normalized spacial score (nSPS) is 20.2. The van der Waals surface area contributed by atoms with Crippen LogP contribution >= 0.6 is 11.3 Å². The summed E-state index contributed by atoms with van der Waals surface area (Å²) in [5, 5.41) is 22.4. The maximum Gasteiger partial charge on any atom is 0.246 e. The quantitative estimate of drug-likeness (QED) is 0.0507. The zero-order chi connectivity index (χ0) is 56.8. The molecule has 0 saturated carbocycles. The van der Waals surface area contributed by atoms with Gasteiger partial charge in [-0.05, 0) is 73.1 Å². The van der Waals surface area contributed by atoms with Gasteiger partial charge in [-0.25, -0.2) is 4.98 Å². The average molecular weight is 1100 g/mol. The maximum absolute atomic E-state index is 14.1. The number of likely N-dealkylation sites (tertiary alicyclic amines) is 1. The van der Waals surface area contributed by atoms with Gasteiger partial charge < -0.3 is 52.5 Å². The Balaban J connectivity index is 0.831. The number of nitrogens with two attached hydrogens (primary N) is 2. The van der Waals surface area contributed by atoms with Crippen LogP contribution in [0.25, 0.3) is 10.4 Å². The van der Waals surface area contributed by atoms with E-state index < -0.39 is 77.3 Å². The number of nitrogens with one attached hydrogen (secondary N) is 4. The Kier molecular flexibility index (Phi) is 20.9. The fourth-order valence-electron chi connectivity index (χ4n) is 10.9. The number of hydrogen-bond acceptors (Lipinski definition) is 12. The van der Waals surface area contributed by atoms with Crippen LogP contribution in [0, 0.1) is 12.3 Å². The van der Waals surface area contributed by atoms with Crippen LogP contribution in [-0.2, 0) is 44.9 Å². The molecule has 79 heavy (non-hydrogen) atoms. The summed E-state index contributed by atoms with van der Waals surface area (Å²) >= 11 is 1.56. The average Bonchev–Trinajstić information content (AvgIpc) is 4.27. The molecule has 0 aliphatic carbocycles. The second kappa shape index (κ2) is 27.7. The van der Waals surface area contributed by atoms with Crippen molar-refractivity contribution < 1.29 is 43.5 Å². The first-order valence-electron chi connectivity index (χ1n) is 27.7. The summed E-state index contributed by atoms with van der Waals surface area (Å²) in [5.74, 6) is -3.33. The van der Waals surface area contributed by atoms with Crippen molar-refractivity contribution >= 4 is 58.6 Å². The van der Waals surface area contributed by atoms with Gasteiger partial charge in [-0.1, -0.05) is 125 Å². The van der Waals surface area contributed by atoms with E-state index in [4.69, 9.17) is 11.5 Å². The number of aromatic nitrogens is 1. The Morgan fingerprint density at radius 1 is 0.772 bits per heavy atom. The van der Waals surface area contributed by atoms with E-state index in [1.807, 2.05) is 113 Å². The van der Waals surface area contributed by atoms with E-state index in [0.29, 0.717) is 38.6 Å². The molecule has 3 saturated heterocycles. The number of aliphatic hydroxyl groups is 1. The van der Waals surface area contributed by atoms with Crippen molar-refractivity contribution in [1.82, 2.24) is 41.0 Å². The highest BCUT2D eigenvalue weighted by molar-refractivity contribution is 7.13. The minimum absolute atomic E-state index is 0.0112. The van der Waals surface area contributed by atoms with E-state index >= 15 is 0 Å². The van der Waals surface area contributed by atoms with Crippen molar-refractivity contribution in [2.24, 2.45) is 16.9 Å². The first-order valence-corrected chi connectivity index (χ1v) is 28.6. The molecular weight excluding hydrogens is 1020 g/mol. The molecule has 3 aliphatic heterocycles. The first-order chi connectivity index (χ1) is 37.8. The van der Waals surface area contributed by atoms with Gasteiger partial charge in [-0.3, -0.25) is 38.4 Å². The molecule has 3 fully saturated rings. The lowest BCUT2D eigenvalue weighted by atomic mass is 9.85. The van der Waals surface area contributed by atoms with E-state index in [2.05, 4.69) is 26.3 Å². The van der Waals surface area contributed by atoms with Crippen molar-refractivity contribution in [3.8, 4) is 10.4 Å². The number of primary amides is 1. The van der Waals surface area contributed by atoms with Crippen molar-refractivity contribution in [2.75, 3.05) is 19.6 Å². The number of β-amino-alcohol motifs (C(OH)–C–C–N with tert-alkyl or cyclic N) is 1. The minimum Gasteiger partial charge on any atom is -0.391 e. The Morgan fingerprint density at radius 3 is 2.04 bits per heavy atom. The molecule has 3 aromatic carbocycles. The van der Waals surface area contributed by atoms with Crippen LogP contribution in [0.5, 0.6) is 0 Å². The second-order valence-electron chi connectivity index (χ2n) is 22.3. The predicted molar refractivity (Wildman–Crippen MR) is 300 cm³/mol. The Hall–Kier alpha value is -7.03. The van der Waals surface area contributed by atoms with Crippen molar-refractivity contribution in [3.05, 3.63) is 113 Å². The molecule has 424 valence electrons. The van der Waals surface area contributed by atoms with E-state index in [1.54, 1.807) is 21.7 Å². The van der Waals surface area contributed by atoms with E-state index in [0.717, 1.165) is 52.1 Å². The summed E-state index contributed by atoms with van der Waals surface area (Å²) in [6.45, 7) is 8.07. The Morgan fingerprint density at radius 2 is 1.42 bits per heavy atom. The number of hydrogen-bond donors (Lipinski definition) is 7. The summed E-state index contributed by atoms with van der Waals surface area (Å²) < 4.78 is 0. The van der Waals surface area contributed by atoms with Gasteiger partial charge in [-0.2, -0.15) is 0 Å². The van der Waals surface area contributed by atoms with E-state index in [-0.39, 0.29) is 75.5 Å². The van der Waals surface area contributed by atoms with Gasteiger partial charge >= 0.3 is 0 Å². The third kappa shape index (κ3) is 16.1. The first kappa shape index (κ1) is 59.6. The number of carbonyl (C=O) groups excluding carboxylic acids is 8. The molecule has 1 aromatic heterocycles. The molecule has 0 radical (unpaired) electrons. The molecule has 8 amide bonds. The number of thiazole rings is 1. The lowest BCUT2D eigenvalue weighted by Gasteiger charge is -2.37. The molecule has 20 heteroatoms. The molecule has 9 N–H and O–H groups in total. The number of benzene rings is 3. The minimum atomic E-state index is -1.13. The molecule has 0 spiro atoms. The van der Waals surface area contributed by atoms with Crippen LogP contribution in [0.2, 0.25) is 0 Å². The van der Waals surface area contributed by atoms with Gasteiger partial charge in [0.1, 0.15) is 30.2 Å². The monoisotopic (exact) mass is 1100 g/mol. The van der Waals surface area contributed by atoms with Gasteiger partial charge in [0.05, 0.1) is 28.2 Å². The SMILES string of the molecule is Cc1ncsc1-c1ccc(CNC(=O)C2C[C@@H](O)CN2C(=O)[C@@H](NC(=O)CCCCCCCC(=O)N2CC[C@H]3CC[C@@H](C(=O)N[C@@H](CCC(N)=O)C(=O)NC(c4ccccc4)c4ccccc4)N3C(=O)[C@@H](N)C2)C(C)(C)C)cc1. The molecule has 4 heterocycles. The van der Waals surface area contributed by atoms with Crippen molar-refractivity contribution in [1.29, 1.82) is 0 Å². The van der Waals surface area contributed by atoms with Crippen molar-refractivity contribution in [2.45, 2.75) is 166 Å². The molecular formula is C59H78N10O9S. The van der Waals surface area contributed by atoms with Crippen LogP contribution in [0.15, 0.2) is 90.4 Å². The smallest absolute Gasteiger partial charge is 0.246 e. The van der Waals surface area contributed by atoms with Crippen LogP contribution < -0.4 is 32.7 Å². The van der Waals surface area contributed by atoms with Gasteiger partial charge in [0.25, 0.3) is 0 Å². The largest absolute Gasteiger partial charge is 0.391 e. The zero-order valence-corrected chi connectivity index (χ0v) is 46.7. The van der Waals surface area contributed by atoms with E-state index in [1.165, 1.54) is 9.80 Å². The van der Waals surface area contributed by atoms with Crippen molar-refractivity contribution in [3.63, 3.8) is 0 Å². The summed E-state index contributed by atoms with van der Waals surface area (Å²) in [6.07, 6.45) is 4.10. The Bertz CT molecular complexity index is 2710. The van der Waals surface area contributed by atoms with Gasteiger partial charge in [0, 0.05) is 57.9 Å². The molecule has 7 rings (SSSR count). The molecule has 4 aromatic rings. The van der Waals surface area contributed by atoms with Gasteiger partial charge in [-0.15, -0.1) is 11.3 Å².